The summed E-state index contributed by atoms with van der Waals surface area (Å²) < 4.78 is 27.4. The van der Waals surface area contributed by atoms with E-state index in [0.717, 1.165) is 30.2 Å². The largest absolute Gasteiger partial charge is 0.356 e. The van der Waals surface area contributed by atoms with Crippen LogP contribution in [0.2, 0.25) is 0 Å². The van der Waals surface area contributed by atoms with Crippen molar-refractivity contribution in [1.29, 1.82) is 0 Å². The Labute approximate surface area is 112 Å². The maximum atomic E-state index is 13.9. The molecule has 0 aliphatic heterocycles. The molecule has 3 rings (SSSR count). The summed E-state index contributed by atoms with van der Waals surface area (Å²) in [7, 11) is 0. The molecule has 1 N–H and O–H groups in total. The summed E-state index contributed by atoms with van der Waals surface area (Å²) >= 11 is 0. The van der Waals surface area contributed by atoms with Crippen molar-refractivity contribution in [2.75, 3.05) is 0 Å². The lowest BCUT2D eigenvalue weighted by molar-refractivity contribution is 0.231. The number of benzene rings is 1. The van der Waals surface area contributed by atoms with Crippen molar-refractivity contribution >= 4 is 10.9 Å². The first-order valence-corrected chi connectivity index (χ1v) is 6.70. The molecule has 1 nitrogen and oxygen atoms in total. The molecule has 1 aromatic heterocycles. The lowest BCUT2D eigenvalue weighted by atomic mass is 9.64. The van der Waals surface area contributed by atoms with Crippen LogP contribution in [0.5, 0.6) is 0 Å². The van der Waals surface area contributed by atoms with Crippen LogP contribution in [0.4, 0.5) is 8.78 Å². The van der Waals surface area contributed by atoms with Crippen molar-refractivity contribution in [1.82, 2.24) is 4.98 Å². The van der Waals surface area contributed by atoms with E-state index in [1.807, 2.05) is 0 Å². The highest BCUT2D eigenvalue weighted by molar-refractivity contribution is 5.86. The van der Waals surface area contributed by atoms with Gasteiger partial charge < -0.3 is 4.98 Å². The van der Waals surface area contributed by atoms with Gasteiger partial charge in [0.1, 0.15) is 11.6 Å². The molecule has 1 heterocycles. The molecule has 0 amide bonds. The molecular formula is C16H19F2N. The van der Waals surface area contributed by atoms with E-state index in [0.29, 0.717) is 10.9 Å². The van der Waals surface area contributed by atoms with E-state index in [2.05, 4.69) is 32.7 Å². The summed E-state index contributed by atoms with van der Waals surface area (Å²) in [5.74, 6) is -1.01. The van der Waals surface area contributed by atoms with Gasteiger partial charge in [-0.05, 0) is 35.3 Å². The lowest BCUT2D eigenvalue weighted by Gasteiger charge is -2.40. The van der Waals surface area contributed by atoms with Gasteiger partial charge in [-0.2, -0.15) is 0 Å². The van der Waals surface area contributed by atoms with Crippen molar-refractivity contribution < 1.29 is 8.78 Å². The van der Waals surface area contributed by atoms with E-state index in [1.165, 1.54) is 6.07 Å². The van der Waals surface area contributed by atoms with Crippen LogP contribution in [0.1, 0.15) is 45.4 Å². The van der Waals surface area contributed by atoms with Crippen molar-refractivity contribution in [3.8, 4) is 0 Å². The minimum atomic E-state index is -0.507. The number of aromatic amines is 1. The molecule has 0 spiro atoms. The van der Waals surface area contributed by atoms with Gasteiger partial charge in [0.25, 0.3) is 0 Å². The highest BCUT2D eigenvalue weighted by Gasteiger charge is 2.40. The summed E-state index contributed by atoms with van der Waals surface area (Å²) in [4.78, 5) is 3.18. The van der Waals surface area contributed by atoms with Crippen LogP contribution >= 0.6 is 0 Å². The first kappa shape index (κ1) is 12.6. The number of halogens is 2. The smallest absolute Gasteiger partial charge is 0.150 e. The van der Waals surface area contributed by atoms with E-state index >= 15 is 0 Å². The average Bonchev–Trinajstić information content (AvgIpc) is 2.53. The second-order valence-corrected chi connectivity index (χ2v) is 7.19. The molecule has 1 aromatic carbocycles. The van der Waals surface area contributed by atoms with Crippen LogP contribution in [0.15, 0.2) is 12.1 Å². The summed E-state index contributed by atoms with van der Waals surface area (Å²) in [5, 5.41) is 0.702. The molecule has 102 valence electrons. The molecule has 1 aliphatic rings. The van der Waals surface area contributed by atoms with Gasteiger partial charge in [0.15, 0.2) is 0 Å². The Balaban J connectivity index is 2.36. The van der Waals surface area contributed by atoms with Crippen molar-refractivity contribution in [3.63, 3.8) is 0 Å². The van der Waals surface area contributed by atoms with E-state index in [1.54, 1.807) is 0 Å². The average molecular weight is 263 g/mol. The molecule has 0 atom stereocenters. The first-order valence-electron chi connectivity index (χ1n) is 6.70. The third-order valence-electron chi connectivity index (χ3n) is 4.15. The number of aromatic nitrogens is 1. The number of H-pyrrole nitrogens is 1. The van der Waals surface area contributed by atoms with Gasteiger partial charge in [0.05, 0.1) is 5.52 Å². The number of rotatable bonds is 0. The maximum absolute atomic E-state index is 13.9. The second-order valence-electron chi connectivity index (χ2n) is 7.19. The number of hydrogen-bond donors (Lipinski definition) is 1. The summed E-state index contributed by atoms with van der Waals surface area (Å²) in [6, 6.07) is 2.40. The van der Waals surface area contributed by atoms with Crippen molar-refractivity contribution in [2.45, 2.75) is 46.0 Å². The predicted octanol–water partition coefficient (Wildman–Crippen LogP) is 4.70. The van der Waals surface area contributed by atoms with Crippen LogP contribution in [0.25, 0.3) is 10.9 Å². The molecule has 3 heteroatoms. The van der Waals surface area contributed by atoms with Gasteiger partial charge in [0.2, 0.25) is 0 Å². The molecule has 0 radical (unpaired) electrons. The molecular weight excluding hydrogens is 244 g/mol. The fourth-order valence-corrected chi connectivity index (χ4v) is 4.01. The van der Waals surface area contributed by atoms with Gasteiger partial charge in [-0.15, -0.1) is 0 Å². The van der Waals surface area contributed by atoms with E-state index in [9.17, 15) is 8.78 Å². The van der Waals surface area contributed by atoms with Gasteiger partial charge in [0, 0.05) is 17.1 Å². The molecule has 19 heavy (non-hydrogen) atoms. The topological polar surface area (TPSA) is 15.8 Å². The monoisotopic (exact) mass is 263 g/mol. The van der Waals surface area contributed by atoms with Crippen LogP contribution < -0.4 is 0 Å². The minimum absolute atomic E-state index is 0.0738. The van der Waals surface area contributed by atoms with E-state index in [4.69, 9.17) is 0 Å². The molecule has 2 aromatic rings. The van der Waals surface area contributed by atoms with Crippen molar-refractivity contribution in [2.24, 2.45) is 5.41 Å². The Morgan fingerprint density at radius 3 is 2.47 bits per heavy atom. The highest BCUT2D eigenvalue weighted by atomic mass is 19.1. The fraction of sp³-hybridized carbons (Fsp3) is 0.500. The number of nitrogens with one attached hydrogen (secondary N) is 1. The van der Waals surface area contributed by atoms with Gasteiger partial charge in [-0.3, -0.25) is 0 Å². The summed E-state index contributed by atoms with van der Waals surface area (Å²) in [5.41, 5.74) is 2.68. The van der Waals surface area contributed by atoms with Crippen LogP contribution in [0.3, 0.4) is 0 Å². The van der Waals surface area contributed by atoms with Crippen LogP contribution in [-0.2, 0) is 11.8 Å². The van der Waals surface area contributed by atoms with E-state index < -0.39 is 11.6 Å². The van der Waals surface area contributed by atoms with Crippen molar-refractivity contribution in [3.05, 3.63) is 35.0 Å². The molecule has 1 aliphatic carbocycles. The zero-order chi connectivity index (χ0) is 14.0. The summed E-state index contributed by atoms with van der Waals surface area (Å²) in [6.07, 6.45) is 1.89. The normalized spacial score (nSPS) is 20.5. The zero-order valence-electron chi connectivity index (χ0n) is 11.8. The molecule has 0 saturated carbocycles. The Morgan fingerprint density at radius 2 is 1.79 bits per heavy atom. The van der Waals surface area contributed by atoms with E-state index in [-0.39, 0.29) is 10.8 Å². The Hall–Kier alpha value is -1.38. The highest BCUT2D eigenvalue weighted by Crippen LogP contribution is 2.48. The van der Waals surface area contributed by atoms with Gasteiger partial charge >= 0.3 is 0 Å². The third kappa shape index (κ3) is 1.87. The van der Waals surface area contributed by atoms with Gasteiger partial charge in [-0.1, -0.05) is 27.7 Å². The first-order chi connectivity index (χ1) is 8.70. The van der Waals surface area contributed by atoms with Crippen LogP contribution in [-0.4, -0.2) is 4.98 Å². The number of hydrogen-bond acceptors (Lipinski definition) is 0. The van der Waals surface area contributed by atoms with Crippen LogP contribution in [0, 0.1) is 17.0 Å². The van der Waals surface area contributed by atoms with Gasteiger partial charge in [-0.25, -0.2) is 8.78 Å². The third-order valence-corrected chi connectivity index (χ3v) is 4.15. The lowest BCUT2D eigenvalue weighted by Crippen LogP contribution is -2.34. The SMILES string of the molecule is CC1(C)Cc2[nH]c3c(F)cc(F)cc3c2C(C)(C)C1. The molecule has 0 saturated heterocycles. The fourth-order valence-electron chi connectivity index (χ4n) is 4.01. The Bertz CT molecular complexity index is 665. The molecule has 0 unspecified atom stereocenters. The minimum Gasteiger partial charge on any atom is -0.356 e. The molecule has 0 fully saturated rings. The zero-order valence-corrected chi connectivity index (χ0v) is 11.8. The quantitative estimate of drug-likeness (QED) is 0.709. The Kier molecular flexibility index (Phi) is 2.39. The summed E-state index contributed by atoms with van der Waals surface area (Å²) in [6.45, 7) is 8.76. The Morgan fingerprint density at radius 1 is 1.11 bits per heavy atom. The number of fused-ring (bicyclic) bond motifs is 3. The molecule has 0 bridgehead atoms. The standard InChI is InChI=1S/C16H19F2N/c1-15(2)7-12-13(16(3,4)8-15)10-5-9(17)6-11(18)14(10)19-12/h5-6,19H,7-8H2,1-4H3. The maximum Gasteiger partial charge on any atom is 0.150 e. The second kappa shape index (κ2) is 3.59. The predicted molar refractivity (Wildman–Crippen MR) is 73.3 cm³/mol.